The van der Waals surface area contributed by atoms with Gasteiger partial charge in [0.05, 0.1) is 50.0 Å². The van der Waals surface area contributed by atoms with Gasteiger partial charge in [-0.3, -0.25) is 29.4 Å². The molecule has 0 aromatic heterocycles. The van der Waals surface area contributed by atoms with E-state index in [9.17, 15) is 9.59 Å². The van der Waals surface area contributed by atoms with E-state index in [1.54, 1.807) is 7.11 Å². The number of hydrogen-bond donors (Lipinski definition) is 7. The normalized spacial score (nSPS) is 33.7. The Morgan fingerprint density at radius 1 is 0.705 bits per heavy atom. The van der Waals surface area contributed by atoms with E-state index < -0.39 is 18.2 Å². The minimum Gasteiger partial charge on any atom is -0.464 e. The zero-order valence-corrected chi connectivity index (χ0v) is 49.4. The smallest absolute Gasteiger partial charge is 0.325 e. The van der Waals surface area contributed by atoms with Crippen LogP contribution in [0.15, 0.2) is 20.3 Å². The van der Waals surface area contributed by atoms with Gasteiger partial charge in [0.1, 0.15) is 12.4 Å². The third kappa shape index (κ3) is 17.5. The van der Waals surface area contributed by atoms with Gasteiger partial charge in [-0.15, -0.1) is 0 Å². The highest BCUT2D eigenvalue weighted by molar-refractivity contribution is 9.09. The van der Waals surface area contributed by atoms with Crippen molar-refractivity contribution in [2.75, 3.05) is 72.7 Å². The Morgan fingerprint density at radius 2 is 1.38 bits per heavy atom. The van der Waals surface area contributed by atoms with Crippen molar-refractivity contribution in [2.24, 2.45) is 90.2 Å². The molecule has 3 amide bonds. The first-order valence-corrected chi connectivity index (χ1v) is 30.8. The lowest BCUT2D eigenvalue weighted by Gasteiger charge is -2.45. The average molecular weight is 1230 g/mol. The van der Waals surface area contributed by atoms with Gasteiger partial charge in [-0.1, -0.05) is 31.9 Å². The van der Waals surface area contributed by atoms with Gasteiger partial charge in [0, 0.05) is 93.2 Å². The zero-order valence-electron chi connectivity index (χ0n) is 46.2. The number of guanidine groups is 3. The van der Waals surface area contributed by atoms with E-state index in [4.69, 9.17) is 68.0 Å². The summed E-state index contributed by atoms with van der Waals surface area (Å²) in [6.07, 6.45) is 14.8. The number of nitrogens with two attached hydrogens (primary N) is 6. The molecule has 2 aliphatic heterocycles. The topological polar surface area (TPSA) is 334 Å². The van der Waals surface area contributed by atoms with E-state index in [2.05, 4.69) is 62.3 Å². The van der Waals surface area contributed by atoms with Crippen LogP contribution in [0.2, 0.25) is 0 Å². The lowest BCUT2D eigenvalue weighted by molar-refractivity contribution is -0.145. The first-order valence-electron chi connectivity index (χ1n) is 29.0. The molecule has 25 heteroatoms. The van der Waals surface area contributed by atoms with E-state index in [-0.39, 0.29) is 116 Å². The van der Waals surface area contributed by atoms with Crippen molar-refractivity contribution in [3.05, 3.63) is 0 Å². The van der Waals surface area contributed by atoms with Crippen molar-refractivity contribution >= 4 is 73.5 Å². The fourth-order valence-electron chi connectivity index (χ4n) is 13.6. The predicted molar refractivity (Wildman–Crippen MR) is 306 cm³/mol. The number of carbonyl (C=O) groups excluding carboxylic acids is 3. The standard InChI is InChI=1S/C53H92Br2N14O9/c1-3-74-43-30-38(73-2)17-18-40(43)49-64-46(32-9-13-36(54)14-10-32)47(33-11-15-37(55)16-12-33)69(49)53(72)68-24-22-67(23-25-68)26-28-76-45(71)20-19-44(70)63-31-35-8-7-34(29-42(35)75-27-21-62-50(56)57)39-5-4-6-41(77-65-51(58)59)48(39)78-66-52(60)61/h32-43,46-48H,3-31H2,1-2H3,(H,63,70)(H4,56,57,62)(H4,58,59,65)(H4,60,61,66). The van der Waals surface area contributed by atoms with Crippen LogP contribution in [0.5, 0.6) is 0 Å². The van der Waals surface area contributed by atoms with Crippen molar-refractivity contribution in [3.63, 3.8) is 0 Å². The second-order valence-electron chi connectivity index (χ2n) is 22.7. The van der Waals surface area contributed by atoms with Gasteiger partial charge in [-0.05, 0) is 138 Å². The van der Waals surface area contributed by atoms with Crippen LogP contribution in [-0.2, 0) is 38.2 Å². The summed E-state index contributed by atoms with van der Waals surface area (Å²) < 4.78 is 24.4. The fourth-order valence-corrected chi connectivity index (χ4v) is 14.7. The van der Waals surface area contributed by atoms with Crippen LogP contribution in [-0.4, -0.2) is 181 Å². The molecule has 0 aromatic rings. The Kier molecular flexibility index (Phi) is 24.3. The Bertz CT molecular complexity index is 2030. The number of ether oxygens (including phenoxy) is 4. The Morgan fingerprint density at radius 3 is 2.05 bits per heavy atom. The molecule has 2 heterocycles. The van der Waals surface area contributed by atoms with E-state index in [1.165, 1.54) is 0 Å². The molecule has 0 radical (unpaired) electrons. The number of hydrogen-bond acceptors (Lipinski definition) is 14. The molecule has 442 valence electrons. The molecule has 23 nitrogen and oxygen atoms in total. The molecular weight excluding hydrogens is 1140 g/mol. The summed E-state index contributed by atoms with van der Waals surface area (Å²) in [5.74, 6) is 0.792. The Hall–Kier alpha value is -3.91. The van der Waals surface area contributed by atoms with E-state index in [1.807, 2.05) is 11.8 Å². The molecule has 1 saturated heterocycles. The molecule has 7 aliphatic rings. The number of amides is 3. The first kappa shape index (κ1) is 61.7. The average Bonchev–Trinajstić information content (AvgIpc) is 3.88. The van der Waals surface area contributed by atoms with Crippen LogP contribution in [0.3, 0.4) is 0 Å². The third-order valence-corrected chi connectivity index (χ3v) is 19.5. The predicted octanol–water partition coefficient (Wildman–Crippen LogP) is 3.76. The first-order chi connectivity index (χ1) is 37.6. The van der Waals surface area contributed by atoms with Gasteiger partial charge in [0.25, 0.3) is 0 Å². The van der Waals surface area contributed by atoms with E-state index >= 15 is 4.79 Å². The van der Waals surface area contributed by atoms with Gasteiger partial charge in [0.15, 0.2) is 18.2 Å². The molecule has 11 unspecified atom stereocenters. The van der Waals surface area contributed by atoms with Gasteiger partial charge in [-0.2, -0.15) is 0 Å². The number of halogens is 2. The minimum absolute atomic E-state index is 0.000625. The summed E-state index contributed by atoms with van der Waals surface area (Å²) in [6, 6.07) is 0.171. The number of esters is 1. The molecule has 0 bridgehead atoms. The maximum absolute atomic E-state index is 15.3. The summed E-state index contributed by atoms with van der Waals surface area (Å²) in [6.45, 7) is 6.76. The molecule has 11 atom stereocenters. The number of alkyl halides is 2. The Labute approximate surface area is 478 Å². The highest BCUT2D eigenvalue weighted by atomic mass is 79.9. The molecule has 0 spiro atoms. The number of nitrogens with zero attached hydrogens (tertiary/aromatic N) is 7. The summed E-state index contributed by atoms with van der Waals surface area (Å²) in [7, 11) is 1.78. The molecule has 13 N–H and O–H groups in total. The number of piperazine rings is 1. The maximum atomic E-state index is 15.3. The molecule has 5 aliphatic carbocycles. The highest BCUT2D eigenvalue weighted by Gasteiger charge is 2.53. The van der Waals surface area contributed by atoms with Gasteiger partial charge in [0.2, 0.25) is 17.8 Å². The Balaban J connectivity index is 0.894. The fraction of sp³-hybridized carbons (Fsp3) is 0.868. The zero-order chi connectivity index (χ0) is 55.7. The van der Waals surface area contributed by atoms with Crippen molar-refractivity contribution in [1.82, 2.24) is 20.0 Å². The van der Waals surface area contributed by atoms with E-state index in [0.717, 1.165) is 102 Å². The van der Waals surface area contributed by atoms with Crippen LogP contribution in [0.25, 0.3) is 0 Å². The second kappa shape index (κ2) is 30.8. The lowest BCUT2D eigenvalue weighted by atomic mass is 9.68. The van der Waals surface area contributed by atoms with Crippen LogP contribution in [0.1, 0.15) is 129 Å². The quantitative estimate of drug-likeness (QED) is 0.0191. The number of aliphatic imine (C=N–C) groups is 2. The van der Waals surface area contributed by atoms with Gasteiger partial charge < -0.3 is 73.2 Å². The van der Waals surface area contributed by atoms with Crippen LogP contribution < -0.4 is 39.7 Å². The van der Waals surface area contributed by atoms with Crippen molar-refractivity contribution < 1.29 is 43.0 Å². The van der Waals surface area contributed by atoms with Crippen LogP contribution >= 0.6 is 31.9 Å². The van der Waals surface area contributed by atoms with Gasteiger partial charge in [-0.25, -0.2) is 4.79 Å². The second-order valence-corrected chi connectivity index (χ2v) is 25.2. The minimum atomic E-state index is -0.520. The van der Waals surface area contributed by atoms with Crippen LogP contribution in [0.4, 0.5) is 4.79 Å². The van der Waals surface area contributed by atoms with Crippen molar-refractivity contribution in [2.45, 2.75) is 181 Å². The SMILES string of the molecule is CCOC1CC(OC)CCC1C1=NC(C2CCC(Br)CC2)C(C2CCC(Br)CC2)N1C(=O)N1CCN(CCOC(=O)CCC(=O)NCC2CCC(C3CCCC(ON=C(N)N)C3ON=C(N)N)CC2OCCN=C(N)N)CC1. The number of methoxy groups -OCH3 is 1. The lowest BCUT2D eigenvalue weighted by Crippen LogP contribution is -2.60. The number of amidine groups is 1. The summed E-state index contributed by atoms with van der Waals surface area (Å²) in [4.78, 5) is 70.4. The summed E-state index contributed by atoms with van der Waals surface area (Å²) in [5, 5.41) is 10.7. The van der Waals surface area contributed by atoms with Crippen molar-refractivity contribution in [1.29, 1.82) is 0 Å². The monoisotopic (exact) mass is 1230 g/mol. The number of urea groups is 1. The number of carbonyl (C=O) groups is 3. The number of rotatable bonds is 23. The summed E-state index contributed by atoms with van der Waals surface area (Å²) in [5.41, 5.74) is 33.6. The van der Waals surface area contributed by atoms with Crippen molar-refractivity contribution in [3.8, 4) is 0 Å². The number of oxime groups is 2. The molecule has 7 rings (SSSR count). The molecule has 78 heavy (non-hydrogen) atoms. The summed E-state index contributed by atoms with van der Waals surface area (Å²) >= 11 is 7.81. The van der Waals surface area contributed by atoms with Crippen LogP contribution in [0, 0.1) is 35.5 Å². The third-order valence-electron chi connectivity index (χ3n) is 17.7. The maximum Gasteiger partial charge on any atom is 0.325 e. The van der Waals surface area contributed by atoms with Gasteiger partial charge >= 0.3 is 12.0 Å². The molecule has 6 fully saturated rings. The van der Waals surface area contributed by atoms with E-state index in [0.29, 0.717) is 80.2 Å². The number of nitrogens with one attached hydrogen (secondary N) is 1. The molecular formula is C53H92Br2N14O9. The largest absolute Gasteiger partial charge is 0.464 e. The molecule has 5 saturated carbocycles. The molecule has 0 aromatic carbocycles. The highest BCUT2D eigenvalue weighted by Crippen LogP contribution is 2.46.